The first-order valence-corrected chi connectivity index (χ1v) is 15.9. The van der Waals surface area contributed by atoms with E-state index in [1.54, 1.807) is 6.20 Å². The highest BCUT2D eigenvalue weighted by atomic mass is 16.5. The Morgan fingerprint density at radius 2 is 1.58 bits per heavy atom. The molecular weight excluding hydrogens is 576 g/mol. The van der Waals surface area contributed by atoms with Gasteiger partial charge >= 0.3 is 11.9 Å². The lowest BCUT2D eigenvalue weighted by molar-refractivity contribution is -0.134. The number of nitrogens with one attached hydrogen (secondary N) is 1. The average Bonchev–Trinajstić information content (AvgIpc) is 3.61. The van der Waals surface area contributed by atoms with Crippen LogP contribution < -0.4 is 11.1 Å². The number of ether oxygens (including phenoxy) is 1. The summed E-state index contributed by atoms with van der Waals surface area (Å²) in [6.07, 6.45) is 11.2. The monoisotopic (exact) mass is 618 g/mol. The van der Waals surface area contributed by atoms with Crippen molar-refractivity contribution in [1.82, 2.24) is 15.2 Å². The number of aliphatic carboxylic acids is 2. The zero-order valence-electron chi connectivity index (χ0n) is 25.4. The minimum absolute atomic E-state index is 0.158. The van der Waals surface area contributed by atoms with Crippen LogP contribution in [0.15, 0.2) is 48.7 Å². The van der Waals surface area contributed by atoms with E-state index in [2.05, 4.69) is 39.5 Å². The standard InChI is InChI=1S/C30H38N4O3.C4H4O4/c31-26-25(27(35)33-28-7-10-29(36,11-8-28)12-9-28)15-21(17-32-26)20-1-3-22(4-2-20)30-16-23(30)18-34(19-30)24-5-13-37-14-6-24;5-3(6)1-2-4(7)8/h1-4,15,17,23-24,36H,5-14,16,18-19H2,(H2,31,32)(H,33,35);1-2H,(H,5,6)(H,7,8)/b;2-1+/t23-,28?,29?,30+;/m1./s1. The number of aliphatic hydroxyl groups is 1. The molecule has 0 radical (unpaired) electrons. The number of pyridine rings is 1. The highest BCUT2D eigenvalue weighted by Crippen LogP contribution is 2.59. The molecule has 1 aromatic heterocycles. The Hall–Kier alpha value is -3.80. The lowest BCUT2D eigenvalue weighted by Gasteiger charge is -2.51. The minimum Gasteiger partial charge on any atom is -0.478 e. The molecule has 11 nitrogen and oxygen atoms in total. The maximum atomic E-state index is 13.3. The quantitative estimate of drug-likeness (QED) is 0.289. The minimum atomic E-state index is -1.26. The third-order valence-electron chi connectivity index (χ3n) is 10.8. The number of carboxylic acids is 2. The van der Waals surface area contributed by atoms with Crippen LogP contribution in [0.25, 0.3) is 11.1 Å². The van der Waals surface area contributed by atoms with Crippen molar-refractivity contribution in [3.63, 3.8) is 0 Å². The fourth-order valence-electron chi connectivity index (χ4n) is 7.91. The number of rotatable bonds is 7. The van der Waals surface area contributed by atoms with Gasteiger partial charge in [-0.2, -0.15) is 0 Å². The van der Waals surface area contributed by atoms with Crippen LogP contribution in [0.4, 0.5) is 5.82 Å². The number of nitrogens with two attached hydrogens (primary N) is 1. The molecule has 2 saturated heterocycles. The van der Waals surface area contributed by atoms with Crippen LogP contribution in [0.2, 0.25) is 0 Å². The molecule has 6 N–H and O–H groups in total. The Balaban J connectivity index is 0.000000397. The van der Waals surface area contributed by atoms with Gasteiger partial charge in [-0.15, -0.1) is 0 Å². The van der Waals surface area contributed by atoms with Crippen LogP contribution in [0, 0.1) is 5.92 Å². The fraction of sp³-hybridized carbons (Fsp3) is 0.529. The molecule has 8 rings (SSSR count). The molecule has 240 valence electrons. The fourth-order valence-corrected chi connectivity index (χ4v) is 7.91. The molecule has 3 heterocycles. The number of carbonyl (C=O) groups is 3. The normalized spacial score (nSPS) is 30.7. The van der Waals surface area contributed by atoms with Crippen molar-refractivity contribution in [2.75, 3.05) is 32.0 Å². The van der Waals surface area contributed by atoms with Gasteiger partial charge in [0.2, 0.25) is 0 Å². The van der Waals surface area contributed by atoms with Crippen LogP contribution in [-0.2, 0) is 19.7 Å². The predicted molar refractivity (Wildman–Crippen MR) is 167 cm³/mol. The third kappa shape index (κ3) is 6.61. The second kappa shape index (κ2) is 12.2. The smallest absolute Gasteiger partial charge is 0.328 e. The zero-order valence-corrected chi connectivity index (χ0v) is 25.4. The average molecular weight is 619 g/mol. The van der Waals surface area contributed by atoms with E-state index >= 15 is 0 Å². The summed E-state index contributed by atoms with van der Waals surface area (Å²) in [6, 6.07) is 11.5. The van der Waals surface area contributed by atoms with Gasteiger partial charge < -0.3 is 31.1 Å². The summed E-state index contributed by atoms with van der Waals surface area (Å²) < 4.78 is 5.57. The highest BCUT2D eigenvalue weighted by molar-refractivity contribution is 6.00. The number of piperidine rings is 1. The van der Waals surface area contributed by atoms with Crippen molar-refractivity contribution in [3.05, 3.63) is 59.8 Å². The van der Waals surface area contributed by atoms with E-state index in [1.807, 2.05) is 6.07 Å². The van der Waals surface area contributed by atoms with Crippen molar-refractivity contribution in [3.8, 4) is 11.1 Å². The van der Waals surface area contributed by atoms with Gasteiger partial charge in [-0.25, -0.2) is 14.6 Å². The Morgan fingerprint density at radius 1 is 0.956 bits per heavy atom. The molecule has 2 aromatic rings. The van der Waals surface area contributed by atoms with Crippen molar-refractivity contribution < 1.29 is 34.4 Å². The Kier molecular flexibility index (Phi) is 8.45. The summed E-state index contributed by atoms with van der Waals surface area (Å²) in [6.45, 7) is 4.17. The molecule has 1 aromatic carbocycles. The van der Waals surface area contributed by atoms with Crippen LogP contribution in [0.1, 0.15) is 73.7 Å². The number of anilines is 1. The topological polar surface area (TPSA) is 175 Å². The number of carboxylic acid groups (broad SMARTS) is 2. The van der Waals surface area contributed by atoms with Gasteiger partial charge in [-0.05, 0) is 80.9 Å². The van der Waals surface area contributed by atoms with Gasteiger partial charge in [0.1, 0.15) is 5.82 Å². The zero-order chi connectivity index (χ0) is 31.8. The largest absolute Gasteiger partial charge is 0.478 e. The summed E-state index contributed by atoms with van der Waals surface area (Å²) in [5, 5.41) is 29.4. The SMILES string of the molecule is Nc1ncc(-c2ccc([C@@]34C[C@@H]3CN(C3CCOCC3)C4)cc2)cc1C(=O)NC12CCC(O)(CC1)CC2.O=C(O)/C=C/C(=O)O. The second-order valence-corrected chi connectivity index (χ2v) is 13.5. The van der Waals surface area contributed by atoms with Gasteiger partial charge in [-0.3, -0.25) is 9.69 Å². The lowest BCUT2D eigenvalue weighted by atomic mass is 9.63. The maximum Gasteiger partial charge on any atom is 0.328 e. The first-order chi connectivity index (χ1) is 21.5. The van der Waals surface area contributed by atoms with E-state index in [9.17, 15) is 19.5 Å². The second-order valence-electron chi connectivity index (χ2n) is 13.5. The Morgan fingerprint density at radius 3 is 2.18 bits per heavy atom. The van der Waals surface area contributed by atoms with Gasteiger partial charge in [0, 0.05) is 67.2 Å². The van der Waals surface area contributed by atoms with Crippen molar-refractivity contribution in [2.24, 2.45) is 5.92 Å². The lowest BCUT2D eigenvalue weighted by Crippen LogP contribution is -2.58. The summed E-state index contributed by atoms with van der Waals surface area (Å²) >= 11 is 0. The van der Waals surface area contributed by atoms with E-state index < -0.39 is 17.5 Å². The maximum absolute atomic E-state index is 13.3. The van der Waals surface area contributed by atoms with E-state index in [1.165, 1.54) is 18.5 Å². The molecule has 2 atom stereocenters. The summed E-state index contributed by atoms with van der Waals surface area (Å²) in [5.74, 6) is -1.64. The molecular formula is C34H42N4O7. The molecule has 11 heteroatoms. The molecule has 0 spiro atoms. The molecule has 2 bridgehead atoms. The number of amides is 1. The van der Waals surface area contributed by atoms with Crippen LogP contribution in [0.5, 0.6) is 0 Å². The molecule has 4 aliphatic carbocycles. The molecule has 1 amide bonds. The predicted octanol–water partition coefficient (Wildman–Crippen LogP) is 3.36. The number of fused-ring (bicyclic) bond motifs is 4. The number of carbonyl (C=O) groups excluding carboxylic acids is 1. The number of benzene rings is 1. The van der Waals surface area contributed by atoms with Crippen molar-refractivity contribution in [1.29, 1.82) is 0 Å². The summed E-state index contributed by atoms with van der Waals surface area (Å²) in [4.78, 5) is 39.5. The molecule has 0 unspecified atom stereocenters. The number of hydrogen-bond acceptors (Lipinski definition) is 8. The summed E-state index contributed by atoms with van der Waals surface area (Å²) in [7, 11) is 0. The van der Waals surface area contributed by atoms with Gasteiger partial charge in [0.05, 0.1) is 11.2 Å². The Bertz CT molecular complexity index is 1450. The number of nitrogens with zero attached hydrogens (tertiary/aromatic N) is 2. The molecule has 6 fully saturated rings. The number of aromatic nitrogens is 1. The molecule has 45 heavy (non-hydrogen) atoms. The van der Waals surface area contributed by atoms with Crippen molar-refractivity contribution in [2.45, 2.75) is 80.4 Å². The van der Waals surface area contributed by atoms with E-state index in [0.717, 1.165) is 88.2 Å². The first kappa shape index (κ1) is 31.2. The van der Waals surface area contributed by atoms with Gasteiger partial charge in [-0.1, -0.05) is 24.3 Å². The van der Waals surface area contributed by atoms with E-state index in [0.29, 0.717) is 29.2 Å². The van der Waals surface area contributed by atoms with Crippen LogP contribution in [0.3, 0.4) is 0 Å². The van der Waals surface area contributed by atoms with E-state index in [-0.39, 0.29) is 17.3 Å². The van der Waals surface area contributed by atoms with Crippen LogP contribution in [-0.4, -0.2) is 86.5 Å². The number of likely N-dealkylation sites (tertiary alicyclic amines) is 1. The Labute approximate surface area is 262 Å². The summed E-state index contributed by atoms with van der Waals surface area (Å²) in [5.41, 5.74) is 9.56. The van der Waals surface area contributed by atoms with Crippen LogP contribution >= 0.6 is 0 Å². The molecule has 4 saturated carbocycles. The highest BCUT2D eigenvalue weighted by Gasteiger charge is 2.61. The number of nitrogen functional groups attached to an aromatic ring is 1. The molecule has 6 aliphatic rings. The van der Waals surface area contributed by atoms with Gasteiger partial charge in [0.15, 0.2) is 0 Å². The molecule has 2 aliphatic heterocycles. The van der Waals surface area contributed by atoms with E-state index in [4.69, 9.17) is 20.7 Å². The first-order valence-electron chi connectivity index (χ1n) is 15.9. The third-order valence-corrected chi connectivity index (χ3v) is 10.8. The number of hydrogen-bond donors (Lipinski definition) is 5. The van der Waals surface area contributed by atoms with Gasteiger partial charge in [0.25, 0.3) is 5.91 Å². The van der Waals surface area contributed by atoms with Crippen molar-refractivity contribution >= 4 is 23.7 Å².